The lowest BCUT2D eigenvalue weighted by molar-refractivity contribution is -0.122. The second-order valence-corrected chi connectivity index (χ2v) is 7.27. The molecule has 3 amide bonds. The summed E-state index contributed by atoms with van der Waals surface area (Å²) < 4.78 is 18.0. The van der Waals surface area contributed by atoms with E-state index in [1.54, 1.807) is 31.4 Å². The van der Waals surface area contributed by atoms with Crippen molar-refractivity contribution in [3.05, 3.63) is 75.9 Å². The molecule has 0 atom stereocenters. The SMILES string of the molecule is COCc1cccc(C(=O)NCCN2C(=O)S/C(=C\c3ccc(F)cc3)C2=O)c1. The Kier molecular flexibility index (Phi) is 6.79. The molecule has 0 unspecified atom stereocenters. The third-order valence-corrected chi connectivity index (χ3v) is 5.07. The van der Waals surface area contributed by atoms with Crippen LogP contribution < -0.4 is 5.32 Å². The lowest BCUT2D eigenvalue weighted by Gasteiger charge is -2.13. The first-order chi connectivity index (χ1) is 14.0. The van der Waals surface area contributed by atoms with Gasteiger partial charge in [0.15, 0.2) is 0 Å². The smallest absolute Gasteiger partial charge is 0.293 e. The molecule has 0 bridgehead atoms. The van der Waals surface area contributed by atoms with Crippen LogP contribution in [0.1, 0.15) is 21.5 Å². The van der Waals surface area contributed by atoms with E-state index in [-0.39, 0.29) is 29.7 Å². The summed E-state index contributed by atoms with van der Waals surface area (Å²) in [6, 6.07) is 12.7. The molecular formula is C21H19FN2O4S. The molecule has 2 aromatic carbocycles. The number of methoxy groups -OCH3 is 1. The number of amides is 3. The summed E-state index contributed by atoms with van der Waals surface area (Å²) in [5, 5.41) is 2.31. The summed E-state index contributed by atoms with van der Waals surface area (Å²) in [4.78, 5) is 38.2. The number of hydrogen-bond acceptors (Lipinski definition) is 5. The Morgan fingerprint density at radius 1 is 1.21 bits per heavy atom. The Hall–Kier alpha value is -2.97. The topological polar surface area (TPSA) is 75.7 Å². The maximum Gasteiger partial charge on any atom is 0.293 e. The predicted octanol–water partition coefficient (Wildman–Crippen LogP) is 3.44. The van der Waals surface area contributed by atoms with Crippen LogP contribution in [-0.2, 0) is 16.1 Å². The number of carbonyl (C=O) groups is 3. The van der Waals surface area contributed by atoms with Crippen molar-refractivity contribution < 1.29 is 23.5 Å². The van der Waals surface area contributed by atoms with Gasteiger partial charge in [0.25, 0.3) is 17.1 Å². The maximum absolute atomic E-state index is 13.0. The molecule has 2 aromatic rings. The lowest BCUT2D eigenvalue weighted by atomic mass is 10.1. The molecule has 1 aliphatic rings. The number of halogens is 1. The maximum atomic E-state index is 13.0. The van der Waals surface area contributed by atoms with Gasteiger partial charge in [-0.15, -0.1) is 0 Å². The van der Waals surface area contributed by atoms with Crippen molar-refractivity contribution in [1.29, 1.82) is 0 Å². The molecule has 1 saturated heterocycles. The molecule has 8 heteroatoms. The summed E-state index contributed by atoms with van der Waals surface area (Å²) >= 11 is 0.822. The average molecular weight is 414 g/mol. The van der Waals surface area contributed by atoms with Crippen LogP contribution in [0.15, 0.2) is 53.4 Å². The highest BCUT2D eigenvalue weighted by atomic mass is 32.2. The molecule has 1 N–H and O–H groups in total. The highest BCUT2D eigenvalue weighted by Crippen LogP contribution is 2.31. The van der Waals surface area contributed by atoms with Crippen LogP contribution in [0.5, 0.6) is 0 Å². The van der Waals surface area contributed by atoms with Crippen LogP contribution in [0.3, 0.4) is 0 Å². The molecule has 0 saturated carbocycles. The molecular weight excluding hydrogens is 395 g/mol. The first-order valence-electron chi connectivity index (χ1n) is 8.85. The molecule has 29 heavy (non-hydrogen) atoms. The molecule has 0 radical (unpaired) electrons. The van der Waals surface area contributed by atoms with Gasteiger partial charge in [-0.25, -0.2) is 4.39 Å². The van der Waals surface area contributed by atoms with Crippen LogP contribution in [0.2, 0.25) is 0 Å². The van der Waals surface area contributed by atoms with Crippen molar-refractivity contribution in [3.8, 4) is 0 Å². The second kappa shape index (κ2) is 9.49. The third-order valence-electron chi connectivity index (χ3n) is 4.16. The number of rotatable bonds is 7. The summed E-state index contributed by atoms with van der Waals surface area (Å²) in [7, 11) is 1.58. The van der Waals surface area contributed by atoms with Crippen molar-refractivity contribution in [1.82, 2.24) is 10.2 Å². The number of hydrogen-bond donors (Lipinski definition) is 1. The minimum atomic E-state index is -0.430. The summed E-state index contributed by atoms with van der Waals surface area (Å²) in [5.41, 5.74) is 1.98. The molecule has 0 aromatic heterocycles. The number of imide groups is 1. The average Bonchev–Trinajstić information content (AvgIpc) is 2.97. The number of thioether (sulfide) groups is 1. The summed E-state index contributed by atoms with van der Waals surface area (Å²) in [6.07, 6.45) is 1.55. The third kappa shape index (κ3) is 5.30. The Labute approximate surface area is 171 Å². The van der Waals surface area contributed by atoms with Gasteiger partial charge in [0.1, 0.15) is 5.82 Å². The summed E-state index contributed by atoms with van der Waals surface area (Å²) in [5.74, 6) is -1.10. The predicted molar refractivity (Wildman–Crippen MR) is 109 cm³/mol. The fraction of sp³-hybridized carbons (Fsp3) is 0.190. The van der Waals surface area contributed by atoms with Crippen LogP contribution >= 0.6 is 11.8 Å². The van der Waals surface area contributed by atoms with E-state index in [0.717, 1.165) is 22.2 Å². The van der Waals surface area contributed by atoms with Gasteiger partial charge < -0.3 is 10.1 Å². The van der Waals surface area contributed by atoms with Gasteiger partial charge in [-0.2, -0.15) is 0 Å². The monoisotopic (exact) mass is 414 g/mol. The number of nitrogens with zero attached hydrogens (tertiary/aromatic N) is 1. The molecule has 1 heterocycles. The van der Waals surface area contributed by atoms with Gasteiger partial charge >= 0.3 is 0 Å². The Balaban J connectivity index is 1.57. The number of benzene rings is 2. The zero-order valence-electron chi connectivity index (χ0n) is 15.7. The van der Waals surface area contributed by atoms with Gasteiger partial charge in [-0.1, -0.05) is 24.3 Å². The number of nitrogens with one attached hydrogen (secondary N) is 1. The number of carbonyl (C=O) groups excluding carboxylic acids is 3. The highest BCUT2D eigenvalue weighted by molar-refractivity contribution is 8.18. The van der Waals surface area contributed by atoms with Gasteiger partial charge in [0.05, 0.1) is 11.5 Å². The van der Waals surface area contributed by atoms with E-state index in [0.29, 0.717) is 17.7 Å². The highest BCUT2D eigenvalue weighted by Gasteiger charge is 2.34. The minimum absolute atomic E-state index is 0.0644. The van der Waals surface area contributed by atoms with E-state index in [1.807, 2.05) is 6.07 Å². The fourth-order valence-electron chi connectivity index (χ4n) is 2.76. The second-order valence-electron chi connectivity index (χ2n) is 6.27. The van der Waals surface area contributed by atoms with E-state index in [1.165, 1.54) is 24.3 Å². The molecule has 3 rings (SSSR count). The first-order valence-corrected chi connectivity index (χ1v) is 9.66. The van der Waals surface area contributed by atoms with Crippen molar-refractivity contribution in [3.63, 3.8) is 0 Å². The van der Waals surface area contributed by atoms with E-state index in [4.69, 9.17) is 4.74 Å². The van der Waals surface area contributed by atoms with Crippen molar-refractivity contribution >= 4 is 34.9 Å². The van der Waals surface area contributed by atoms with Crippen LogP contribution in [0.4, 0.5) is 9.18 Å². The van der Waals surface area contributed by atoms with Crippen molar-refractivity contribution in [2.24, 2.45) is 0 Å². The number of ether oxygens (including phenoxy) is 1. The van der Waals surface area contributed by atoms with Gasteiger partial charge in [0.2, 0.25) is 0 Å². The van der Waals surface area contributed by atoms with Crippen LogP contribution in [0, 0.1) is 5.82 Å². The van der Waals surface area contributed by atoms with E-state index < -0.39 is 11.1 Å². The zero-order valence-corrected chi connectivity index (χ0v) is 16.5. The fourth-order valence-corrected chi connectivity index (χ4v) is 3.62. The summed E-state index contributed by atoms with van der Waals surface area (Å²) in [6.45, 7) is 0.600. The minimum Gasteiger partial charge on any atom is -0.380 e. The quantitative estimate of drug-likeness (QED) is 0.703. The van der Waals surface area contributed by atoms with E-state index >= 15 is 0 Å². The van der Waals surface area contributed by atoms with Crippen molar-refractivity contribution in [2.75, 3.05) is 20.2 Å². The molecule has 1 aliphatic heterocycles. The van der Waals surface area contributed by atoms with Gasteiger partial charge in [-0.05, 0) is 53.2 Å². The lowest BCUT2D eigenvalue weighted by Crippen LogP contribution is -2.37. The Bertz CT molecular complexity index is 959. The van der Waals surface area contributed by atoms with E-state index in [9.17, 15) is 18.8 Å². The standard InChI is InChI=1S/C21H19FN2O4S/c1-28-13-15-3-2-4-16(11-15)19(25)23-9-10-24-20(26)18(29-21(24)27)12-14-5-7-17(22)8-6-14/h2-8,11-12H,9-10,13H2,1H3,(H,23,25)/b18-12-. The molecule has 0 spiro atoms. The molecule has 0 aliphatic carbocycles. The van der Waals surface area contributed by atoms with Gasteiger partial charge in [0, 0.05) is 25.8 Å². The first kappa shape index (κ1) is 20.8. The van der Waals surface area contributed by atoms with Gasteiger partial charge in [-0.3, -0.25) is 19.3 Å². The normalized spacial score (nSPS) is 15.2. The Morgan fingerprint density at radius 3 is 2.69 bits per heavy atom. The van der Waals surface area contributed by atoms with Crippen molar-refractivity contribution in [2.45, 2.75) is 6.61 Å². The van der Waals surface area contributed by atoms with Crippen LogP contribution in [-0.4, -0.2) is 42.2 Å². The molecule has 150 valence electrons. The largest absolute Gasteiger partial charge is 0.380 e. The van der Waals surface area contributed by atoms with Crippen LogP contribution in [0.25, 0.3) is 6.08 Å². The van der Waals surface area contributed by atoms with E-state index in [2.05, 4.69) is 5.32 Å². The Morgan fingerprint density at radius 2 is 1.97 bits per heavy atom. The molecule has 1 fully saturated rings. The molecule has 6 nitrogen and oxygen atoms in total. The zero-order chi connectivity index (χ0) is 20.8.